The van der Waals surface area contributed by atoms with Crippen molar-refractivity contribution in [3.05, 3.63) is 52.9 Å². The van der Waals surface area contributed by atoms with Crippen LogP contribution < -0.4 is 4.72 Å². The van der Waals surface area contributed by atoms with Crippen LogP contribution >= 0.6 is 11.6 Å². The number of allylic oxidation sites excluding steroid dienone is 1. The lowest BCUT2D eigenvalue weighted by molar-refractivity contribution is 0.0512. The Morgan fingerprint density at radius 1 is 1.38 bits per heavy atom. The second kappa shape index (κ2) is 13.2. The molecule has 6 nitrogen and oxygen atoms in total. The van der Waals surface area contributed by atoms with E-state index in [1.54, 1.807) is 6.92 Å². The minimum absolute atomic E-state index is 0.0536. The standard InChI is InChI=1S/C19H21ClF3N3O3S.C2H6/c1-5-10(2)18(29-9-15(21)22)19(28-4)25-11(3)26-30(27)14-8-24-17-12(14)6-7-13(20)16(17)23;1-2/h6-8,15,24,26H,3,5,9H2,1-2,4H3;1-2H3/b18-10-,25-19+;. The molecule has 0 aliphatic carbocycles. The van der Waals surface area contributed by atoms with E-state index in [1.165, 1.54) is 25.4 Å². The number of fused-ring (bicyclic) bond motifs is 1. The number of hydrogen-bond donors (Lipinski definition) is 2. The number of benzene rings is 1. The van der Waals surface area contributed by atoms with Crippen molar-refractivity contribution >= 4 is 39.4 Å². The number of aromatic amines is 1. The molecule has 0 aliphatic rings. The van der Waals surface area contributed by atoms with Crippen molar-refractivity contribution in [1.29, 1.82) is 0 Å². The maximum Gasteiger partial charge on any atom is 0.272 e. The molecule has 0 spiro atoms. The topological polar surface area (TPSA) is 75.7 Å². The highest BCUT2D eigenvalue weighted by Crippen LogP contribution is 2.28. The number of alkyl halides is 2. The molecule has 11 heteroatoms. The molecule has 1 aromatic heterocycles. The number of methoxy groups -OCH3 is 1. The molecular formula is C21H27ClF3N3O3S. The molecule has 0 aliphatic heterocycles. The van der Waals surface area contributed by atoms with Gasteiger partial charge in [-0.3, -0.25) is 4.72 Å². The molecule has 0 fully saturated rings. The first kappa shape index (κ1) is 27.6. The van der Waals surface area contributed by atoms with Gasteiger partial charge in [-0.15, -0.1) is 0 Å². The lowest BCUT2D eigenvalue weighted by atomic mass is 10.2. The van der Waals surface area contributed by atoms with Crippen LogP contribution in [-0.4, -0.2) is 35.2 Å². The smallest absolute Gasteiger partial charge is 0.272 e. The Morgan fingerprint density at radius 3 is 2.59 bits per heavy atom. The van der Waals surface area contributed by atoms with E-state index < -0.39 is 29.8 Å². The van der Waals surface area contributed by atoms with Crippen LogP contribution in [0.25, 0.3) is 10.9 Å². The molecule has 1 unspecified atom stereocenters. The van der Waals surface area contributed by atoms with E-state index in [9.17, 15) is 17.4 Å². The summed E-state index contributed by atoms with van der Waals surface area (Å²) in [6.45, 7) is 10.3. The van der Waals surface area contributed by atoms with Gasteiger partial charge in [0.25, 0.3) is 12.3 Å². The Morgan fingerprint density at radius 2 is 2.03 bits per heavy atom. The number of nitrogens with one attached hydrogen (secondary N) is 2. The minimum atomic E-state index is -2.67. The van der Waals surface area contributed by atoms with Gasteiger partial charge in [0.1, 0.15) is 12.4 Å². The molecule has 1 aromatic carbocycles. The van der Waals surface area contributed by atoms with E-state index in [1.807, 2.05) is 20.8 Å². The Bertz CT molecular complexity index is 1020. The molecule has 178 valence electrons. The molecular weight excluding hydrogens is 467 g/mol. The third-order valence-electron chi connectivity index (χ3n) is 4.01. The first-order valence-corrected chi connectivity index (χ1v) is 11.3. The highest BCUT2D eigenvalue weighted by Gasteiger charge is 2.18. The van der Waals surface area contributed by atoms with Crippen molar-refractivity contribution in [3.8, 4) is 0 Å². The van der Waals surface area contributed by atoms with Gasteiger partial charge in [-0.1, -0.05) is 39.0 Å². The van der Waals surface area contributed by atoms with Crippen molar-refractivity contribution in [3.63, 3.8) is 0 Å². The van der Waals surface area contributed by atoms with E-state index in [0.717, 1.165) is 0 Å². The highest BCUT2D eigenvalue weighted by atomic mass is 35.5. The molecule has 0 bridgehead atoms. The molecule has 2 aromatic rings. The van der Waals surface area contributed by atoms with Crippen molar-refractivity contribution < 1.29 is 26.9 Å². The van der Waals surface area contributed by atoms with Crippen LogP contribution in [0, 0.1) is 5.82 Å². The first-order valence-electron chi connectivity index (χ1n) is 9.75. The van der Waals surface area contributed by atoms with Gasteiger partial charge < -0.3 is 14.5 Å². The first-order chi connectivity index (χ1) is 15.2. The average molecular weight is 494 g/mol. The van der Waals surface area contributed by atoms with Crippen molar-refractivity contribution in [1.82, 2.24) is 9.71 Å². The molecule has 0 saturated carbocycles. The molecule has 32 heavy (non-hydrogen) atoms. The van der Waals surface area contributed by atoms with Crippen LogP contribution in [0.2, 0.25) is 5.02 Å². The fourth-order valence-electron chi connectivity index (χ4n) is 2.44. The summed E-state index contributed by atoms with van der Waals surface area (Å²) in [7, 11) is -0.562. The number of H-pyrrole nitrogens is 1. The largest absolute Gasteiger partial charge is 0.482 e. The molecule has 1 atom stereocenters. The maximum atomic E-state index is 14.1. The Labute approximate surface area is 193 Å². The van der Waals surface area contributed by atoms with Gasteiger partial charge in [-0.2, -0.15) is 4.99 Å². The minimum Gasteiger partial charge on any atom is -0.482 e. The Hall–Kier alpha value is -2.46. The number of halogens is 4. The summed E-state index contributed by atoms with van der Waals surface area (Å²) in [5.41, 5.74) is 0.748. The number of aliphatic imine (C=N–C) groups is 1. The summed E-state index contributed by atoms with van der Waals surface area (Å²) in [6, 6.07) is 2.89. The third kappa shape index (κ3) is 7.03. The van der Waals surface area contributed by atoms with Gasteiger partial charge in [0.15, 0.2) is 22.6 Å². The van der Waals surface area contributed by atoms with Crippen LogP contribution in [0.5, 0.6) is 0 Å². The van der Waals surface area contributed by atoms with Crippen molar-refractivity contribution in [2.24, 2.45) is 4.99 Å². The molecule has 2 rings (SSSR count). The van der Waals surface area contributed by atoms with Gasteiger partial charge in [0.05, 0.1) is 22.5 Å². The number of nitrogens with zero attached hydrogens (tertiary/aromatic N) is 1. The number of rotatable bonds is 9. The van der Waals surface area contributed by atoms with Gasteiger partial charge in [-0.25, -0.2) is 17.4 Å². The lowest BCUT2D eigenvalue weighted by Crippen LogP contribution is -2.19. The summed E-state index contributed by atoms with van der Waals surface area (Å²) in [5, 5.41) is 0.303. The van der Waals surface area contributed by atoms with E-state index in [2.05, 4.69) is 21.3 Å². The SMILES string of the molecule is C=C(/N=C(OC)\C(OCC(F)F)=C(/C)CC)NS(=O)c1c[nH]c2c(F)c(Cl)ccc12.CC. The fraction of sp³-hybridized carbons (Fsp3) is 0.381. The van der Waals surface area contributed by atoms with E-state index in [0.29, 0.717) is 17.4 Å². The zero-order valence-corrected chi connectivity index (χ0v) is 20.1. The van der Waals surface area contributed by atoms with Gasteiger partial charge in [0, 0.05) is 11.6 Å². The lowest BCUT2D eigenvalue weighted by Gasteiger charge is -2.15. The normalized spacial score (nSPS) is 13.2. The maximum absolute atomic E-state index is 14.1. The summed E-state index contributed by atoms with van der Waals surface area (Å²) in [4.78, 5) is 7.01. The van der Waals surface area contributed by atoms with Crippen molar-refractivity contribution in [2.45, 2.75) is 45.4 Å². The molecule has 0 saturated heterocycles. The predicted molar refractivity (Wildman–Crippen MR) is 123 cm³/mol. The van der Waals surface area contributed by atoms with Crippen molar-refractivity contribution in [2.75, 3.05) is 13.7 Å². The zero-order valence-electron chi connectivity index (χ0n) is 18.5. The van der Waals surface area contributed by atoms with E-state index >= 15 is 0 Å². The Kier molecular flexibility index (Phi) is 11.3. The zero-order chi connectivity index (χ0) is 24.4. The number of hydrogen-bond acceptors (Lipinski definition) is 4. The van der Waals surface area contributed by atoms with Gasteiger partial charge in [-0.05, 0) is 31.1 Å². The van der Waals surface area contributed by atoms with Crippen LogP contribution in [0.3, 0.4) is 0 Å². The van der Waals surface area contributed by atoms with Crippen LogP contribution in [0.1, 0.15) is 34.1 Å². The quantitative estimate of drug-likeness (QED) is 0.252. The number of ether oxygens (including phenoxy) is 2. The number of aromatic nitrogens is 1. The van der Waals surface area contributed by atoms with Gasteiger partial charge in [0.2, 0.25) is 0 Å². The highest BCUT2D eigenvalue weighted by molar-refractivity contribution is 7.83. The third-order valence-corrected chi connectivity index (χ3v) is 5.46. The van der Waals surface area contributed by atoms with Crippen LogP contribution in [0.4, 0.5) is 13.2 Å². The van der Waals surface area contributed by atoms with Crippen LogP contribution in [-0.2, 0) is 20.5 Å². The van der Waals surface area contributed by atoms with E-state index in [-0.39, 0.29) is 32.9 Å². The summed E-state index contributed by atoms with van der Waals surface area (Å²) in [5.74, 6) is -0.771. The average Bonchev–Trinajstić information content (AvgIpc) is 3.21. The molecule has 1 heterocycles. The van der Waals surface area contributed by atoms with Crippen LogP contribution in [0.15, 0.2) is 51.9 Å². The Balaban J connectivity index is 0.00000249. The second-order valence-electron chi connectivity index (χ2n) is 6.04. The second-order valence-corrected chi connectivity index (χ2v) is 7.63. The molecule has 0 radical (unpaired) electrons. The summed E-state index contributed by atoms with van der Waals surface area (Å²) >= 11 is 5.75. The monoisotopic (exact) mass is 493 g/mol. The predicted octanol–water partition coefficient (Wildman–Crippen LogP) is 6.08. The molecule has 2 N–H and O–H groups in total. The van der Waals surface area contributed by atoms with Gasteiger partial charge >= 0.3 is 0 Å². The summed E-state index contributed by atoms with van der Waals surface area (Å²) in [6.07, 6.45) is -0.789. The summed E-state index contributed by atoms with van der Waals surface area (Å²) < 4.78 is 64.7. The molecule has 0 amide bonds. The fourth-order valence-corrected chi connectivity index (χ4v) is 3.50. The van der Waals surface area contributed by atoms with E-state index in [4.69, 9.17) is 21.1 Å².